The Morgan fingerprint density at radius 1 is 1.28 bits per heavy atom. The first-order chi connectivity index (χ1) is 8.83. The van der Waals surface area contributed by atoms with Gasteiger partial charge in [-0.2, -0.15) is 0 Å². The summed E-state index contributed by atoms with van der Waals surface area (Å²) in [5.41, 5.74) is 0.539. The van der Waals surface area contributed by atoms with Crippen molar-refractivity contribution in [3.63, 3.8) is 0 Å². The number of hydrogen-bond acceptors (Lipinski definition) is 4. The van der Waals surface area contributed by atoms with Crippen molar-refractivity contribution in [3.8, 4) is 11.5 Å². The van der Waals surface area contributed by atoms with E-state index in [4.69, 9.17) is 9.47 Å². The van der Waals surface area contributed by atoms with Gasteiger partial charge in [0.25, 0.3) is 5.91 Å². The van der Waals surface area contributed by atoms with Gasteiger partial charge in [0.15, 0.2) is 11.5 Å². The molecule has 1 amide bonds. The molecule has 2 N–H and O–H groups in total. The van der Waals surface area contributed by atoms with E-state index in [0.29, 0.717) is 36.8 Å². The lowest BCUT2D eigenvalue weighted by Crippen LogP contribution is -2.28. The minimum Gasteiger partial charge on any atom is -0.486 e. The van der Waals surface area contributed by atoms with Gasteiger partial charge in [0.2, 0.25) is 0 Å². The number of rotatable bonds is 5. The maximum absolute atomic E-state index is 12.0. The van der Waals surface area contributed by atoms with Crippen LogP contribution in [0.1, 0.15) is 16.8 Å². The third-order valence-electron chi connectivity index (χ3n) is 2.70. The van der Waals surface area contributed by atoms with E-state index in [1.54, 1.807) is 12.1 Å². The van der Waals surface area contributed by atoms with Crippen molar-refractivity contribution in [1.82, 2.24) is 10.6 Å². The van der Waals surface area contributed by atoms with Gasteiger partial charge in [0.1, 0.15) is 13.2 Å². The Hall–Kier alpha value is -1.75. The minimum atomic E-state index is -0.117. The van der Waals surface area contributed by atoms with E-state index in [1.807, 2.05) is 13.1 Å². The van der Waals surface area contributed by atoms with Crippen molar-refractivity contribution < 1.29 is 14.3 Å². The maximum Gasteiger partial charge on any atom is 0.255 e. The van der Waals surface area contributed by atoms with Gasteiger partial charge >= 0.3 is 0 Å². The number of carbonyl (C=O) groups is 1. The van der Waals surface area contributed by atoms with Crippen LogP contribution in [0.25, 0.3) is 0 Å². The van der Waals surface area contributed by atoms with Crippen LogP contribution >= 0.6 is 0 Å². The Bertz CT molecular complexity index is 421. The molecule has 1 heterocycles. The fraction of sp³-hybridized carbons (Fsp3) is 0.462. The molecule has 0 radical (unpaired) electrons. The van der Waals surface area contributed by atoms with Crippen LogP contribution in [0.3, 0.4) is 0 Å². The molecule has 0 bridgehead atoms. The van der Waals surface area contributed by atoms with Crippen LogP contribution in [0.15, 0.2) is 18.2 Å². The highest BCUT2D eigenvalue weighted by Gasteiger charge is 2.19. The van der Waals surface area contributed by atoms with Gasteiger partial charge in [-0.3, -0.25) is 4.79 Å². The van der Waals surface area contributed by atoms with Crippen LogP contribution in [0, 0.1) is 0 Å². The quantitative estimate of drug-likeness (QED) is 0.759. The van der Waals surface area contributed by atoms with Gasteiger partial charge < -0.3 is 20.1 Å². The van der Waals surface area contributed by atoms with E-state index < -0.39 is 0 Å². The predicted molar refractivity (Wildman–Crippen MR) is 68.3 cm³/mol. The van der Waals surface area contributed by atoms with Gasteiger partial charge in [-0.25, -0.2) is 0 Å². The molecule has 1 aromatic rings. The fourth-order valence-corrected chi connectivity index (χ4v) is 1.81. The normalized spacial score (nSPS) is 13.2. The molecular weight excluding hydrogens is 232 g/mol. The Labute approximate surface area is 106 Å². The maximum atomic E-state index is 12.0. The molecular formula is C13H18N2O3. The summed E-state index contributed by atoms with van der Waals surface area (Å²) in [6.07, 6.45) is 0.897. The molecule has 0 saturated heterocycles. The number of hydrogen-bond donors (Lipinski definition) is 2. The number of nitrogens with one attached hydrogen (secondary N) is 2. The highest BCUT2D eigenvalue weighted by molar-refractivity contribution is 5.97. The molecule has 2 rings (SSSR count). The molecule has 18 heavy (non-hydrogen) atoms. The molecule has 0 atom stereocenters. The number of fused-ring (bicyclic) bond motifs is 1. The zero-order chi connectivity index (χ0) is 12.8. The number of ether oxygens (including phenoxy) is 2. The first-order valence-corrected chi connectivity index (χ1v) is 6.14. The molecule has 0 saturated carbocycles. The minimum absolute atomic E-state index is 0.117. The summed E-state index contributed by atoms with van der Waals surface area (Å²) in [6, 6.07) is 5.36. The summed E-state index contributed by atoms with van der Waals surface area (Å²) >= 11 is 0. The second-order valence-electron chi connectivity index (χ2n) is 4.04. The Morgan fingerprint density at radius 2 is 2.11 bits per heavy atom. The van der Waals surface area contributed by atoms with Gasteiger partial charge in [-0.15, -0.1) is 0 Å². The molecule has 0 aliphatic carbocycles. The van der Waals surface area contributed by atoms with Gasteiger partial charge in [-0.05, 0) is 32.1 Å². The van der Waals surface area contributed by atoms with E-state index >= 15 is 0 Å². The van der Waals surface area contributed by atoms with Crippen molar-refractivity contribution in [2.45, 2.75) is 6.42 Å². The van der Waals surface area contributed by atoms with Crippen LogP contribution in [-0.2, 0) is 0 Å². The number of benzene rings is 1. The third-order valence-corrected chi connectivity index (χ3v) is 2.70. The Morgan fingerprint density at radius 3 is 2.94 bits per heavy atom. The second-order valence-corrected chi connectivity index (χ2v) is 4.04. The average Bonchev–Trinajstić information content (AvgIpc) is 2.43. The lowest BCUT2D eigenvalue weighted by Gasteiger charge is -2.20. The smallest absolute Gasteiger partial charge is 0.255 e. The largest absolute Gasteiger partial charge is 0.486 e. The standard InChI is InChI=1S/C13H18N2O3/c1-14-6-3-7-15-13(16)10-4-2-5-11-12(10)18-9-8-17-11/h2,4-5,14H,3,6-9H2,1H3,(H,15,16). The highest BCUT2D eigenvalue weighted by atomic mass is 16.6. The Balaban J connectivity index is 2.01. The van der Waals surface area contributed by atoms with Gasteiger partial charge in [-0.1, -0.05) is 6.07 Å². The summed E-state index contributed by atoms with van der Waals surface area (Å²) in [6.45, 7) is 2.54. The summed E-state index contributed by atoms with van der Waals surface area (Å²) in [4.78, 5) is 12.0. The van der Waals surface area contributed by atoms with Crippen LogP contribution in [-0.4, -0.2) is 39.3 Å². The highest BCUT2D eigenvalue weighted by Crippen LogP contribution is 2.33. The lowest BCUT2D eigenvalue weighted by molar-refractivity contribution is 0.0942. The average molecular weight is 250 g/mol. The van der Waals surface area contributed by atoms with Crippen LogP contribution in [0.4, 0.5) is 0 Å². The number of carbonyl (C=O) groups excluding carboxylic acids is 1. The van der Waals surface area contributed by atoms with E-state index in [9.17, 15) is 4.79 Å². The van der Waals surface area contributed by atoms with Crippen molar-refractivity contribution in [2.75, 3.05) is 33.4 Å². The fourth-order valence-electron chi connectivity index (χ4n) is 1.81. The number of amides is 1. The van der Waals surface area contributed by atoms with E-state index in [2.05, 4.69) is 10.6 Å². The molecule has 0 fully saturated rings. The second kappa shape index (κ2) is 6.26. The number of para-hydroxylation sites is 1. The SMILES string of the molecule is CNCCCNC(=O)c1cccc2c1OCCO2. The summed E-state index contributed by atoms with van der Waals surface area (Å²) < 4.78 is 10.9. The molecule has 5 nitrogen and oxygen atoms in total. The summed E-state index contributed by atoms with van der Waals surface area (Å²) in [5.74, 6) is 1.08. The van der Waals surface area contributed by atoms with Crippen LogP contribution < -0.4 is 20.1 Å². The predicted octanol–water partition coefficient (Wildman–Crippen LogP) is 0.797. The first kappa shape index (κ1) is 12.7. The molecule has 5 heteroatoms. The van der Waals surface area contributed by atoms with Crippen LogP contribution in [0.5, 0.6) is 11.5 Å². The zero-order valence-corrected chi connectivity index (χ0v) is 10.5. The van der Waals surface area contributed by atoms with Crippen LogP contribution in [0.2, 0.25) is 0 Å². The third kappa shape index (κ3) is 2.92. The van der Waals surface area contributed by atoms with E-state index in [0.717, 1.165) is 13.0 Å². The summed E-state index contributed by atoms with van der Waals surface area (Å²) in [5, 5.41) is 5.90. The topological polar surface area (TPSA) is 59.6 Å². The van der Waals surface area contributed by atoms with Gasteiger partial charge in [0, 0.05) is 6.54 Å². The molecule has 0 spiro atoms. The molecule has 1 aliphatic heterocycles. The van der Waals surface area contributed by atoms with E-state index in [-0.39, 0.29) is 5.91 Å². The zero-order valence-electron chi connectivity index (χ0n) is 10.5. The molecule has 0 unspecified atom stereocenters. The molecule has 1 aliphatic rings. The molecule has 1 aromatic carbocycles. The van der Waals surface area contributed by atoms with Crippen molar-refractivity contribution in [3.05, 3.63) is 23.8 Å². The molecule has 0 aromatic heterocycles. The van der Waals surface area contributed by atoms with E-state index in [1.165, 1.54) is 0 Å². The van der Waals surface area contributed by atoms with Crippen molar-refractivity contribution >= 4 is 5.91 Å². The van der Waals surface area contributed by atoms with Crippen molar-refractivity contribution in [1.29, 1.82) is 0 Å². The van der Waals surface area contributed by atoms with Gasteiger partial charge in [0.05, 0.1) is 5.56 Å². The molecule has 98 valence electrons. The lowest BCUT2D eigenvalue weighted by atomic mass is 10.1. The monoisotopic (exact) mass is 250 g/mol. The Kier molecular flexibility index (Phi) is 4.41. The summed E-state index contributed by atoms with van der Waals surface area (Å²) in [7, 11) is 1.89. The first-order valence-electron chi connectivity index (χ1n) is 6.14. The van der Waals surface area contributed by atoms with Crippen molar-refractivity contribution in [2.24, 2.45) is 0 Å².